The molecule has 5 aromatic carbocycles. The molecular formula is C46H43N5O3. The number of aromatic nitrogens is 1. The van der Waals surface area contributed by atoms with Crippen LogP contribution in [0.3, 0.4) is 0 Å². The molecule has 2 amide bonds. The Morgan fingerprint density at radius 2 is 1.24 bits per heavy atom. The van der Waals surface area contributed by atoms with Crippen molar-refractivity contribution in [2.24, 2.45) is 0 Å². The lowest BCUT2D eigenvalue weighted by Crippen LogP contribution is -2.51. The number of aldehydes is 1. The number of nitrogens with zero attached hydrogens (tertiary/aromatic N) is 3. The number of carbonyl (C=O) groups excluding carboxylic acids is 3. The number of hydrogen-bond acceptors (Lipinski definition) is 6. The molecule has 1 aromatic heterocycles. The molecule has 1 saturated heterocycles. The lowest BCUT2D eigenvalue weighted by molar-refractivity contribution is -0.131. The zero-order valence-electron chi connectivity index (χ0n) is 30.4. The number of hydrogen-bond donors (Lipinski definition) is 2. The van der Waals surface area contributed by atoms with Gasteiger partial charge in [0.15, 0.2) is 6.29 Å². The fourth-order valence-electron chi connectivity index (χ4n) is 7.82. The van der Waals surface area contributed by atoms with Gasteiger partial charge in [0, 0.05) is 30.5 Å². The number of amides is 2. The van der Waals surface area contributed by atoms with Crippen molar-refractivity contribution in [3.63, 3.8) is 0 Å². The summed E-state index contributed by atoms with van der Waals surface area (Å²) in [5.74, 6) is -0.0623. The van der Waals surface area contributed by atoms with E-state index >= 15 is 0 Å². The van der Waals surface area contributed by atoms with Gasteiger partial charge in [-0.05, 0) is 71.5 Å². The van der Waals surface area contributed by atoms with Gasteiger partial charge in [0.2, 0.25) is 5.78 Å². The number of carbonyl (C=O) groups is 3. The fourth-order valence-corrected chi connectivity index (χ4v) is 7.82. The van der Waals surface area contributed by atoms with E-state index < -0.39 is 22.8 Å². The van der Waals surface area contributed by atoms with Gasteiger partial charge in [-0.1, -0.05) is 133 Å². The van der Waals surface area contributed by atoms with Gasteiger partial charge < -0.3 is 10.2 Å². The second kappa shape index (κ2) is 15.7. The Balaban J connectivity index is 1.18. The largest absolute Gasteiger partial charge is 0.346 e. The number of Topliss-reactive ketones (excluding diaryl/α,β-unsaturated/α-hetero) is 1. The Morgan fingerprint density at radius 1 is 0.722 bits per heavy atom. The summed E-state index contributed by atoms with van der Waals surface area (Å²) in [5, 5.41) is 5.70. The van der Waals surface area contributed by atoms with E-state index in [0.717, 1.165) is 39.1 Å². The van der Waals surface area contributed by atoms with E-state index in [0.29, 0.717) is 31.9 Å². The van der Waals surface area contributed by atoms with Crippen LogP contribution in [0.2, 0.25) is 0 Å². The van der Waals surface area contributed by atoms with E-state index in [1.54, 1.807) is 6.20 Å². The standard InChI is InChI=1S/C46H43N5O3/c1-45(2)43(41(53)32-52)51(33-50(45)31-35-27-28-47-42(29-35)49-44(54)48-30-34-15-7-3-8-16-34)40-25-23-39(24-26-40)46(36-17-9-4-10-18-36,37-19-11-5-12-20-37)38-21-13-6-14-22-38/h3-29,32,43H,30-31,33H2,1-2H3,(H2,47,48,49,54). The minimum atomic E-state index is -0.717. The highest BCUT2D eigenvalue weighted by Crippen LogP contribution is 2.46. The van der Waals surface area contributed by atoms with Crippen LogP contribution in [-0.4, -0.2) is 46.2 Å². The summed E-state index contributed by atoms with van der Waals surface area (Å²) >= 11 is 0. The molecule has 1 fully saturated rings. The van der Waals surface area contributed by atoms with Crippen LogP contribution in [0.5, 0.6) is 0 Å². The summed E-state index contributed by atoms with van der Waals surface area (Å²) < 4.78 is 0. The Labute approximate surface area is 316 Å². The normalized spacial score (nSPS) is 15.4. The van der Waals surface area contributed by atoms with Gasteiger partial charge in [-0.15, -0.1) is 0 Å². The van der Waals surface area contributed by atoms with E-state index in [-0.39, 0.29) is 6.03 Å². The lowest BCUT2D eigenvalue weighted by atomic mass is 9.65. The SMILES string of the molecule is CC1(C)C(C(=O)C=O)N(c2ccc(C(c3ccccc3)(c3ccccc3)c3ccccc3)cc2)CN1Cc1ccnc(NC(=O)NCc2ccccc2)c1. The number of rotatable bonds is 12. The molecule has 0 spiro atoms. The number of ketones is 1. The smallest absolute Gasteiger partial charge is 0.320 e. The highest BCUT2D eigenvalue weighted by atomic mass is 16.2. The highest BCUT2D eigenvalue weighted by molar-refractivity contribution is 6.29. The van der Waals surface area contributed by atoms with Crippen LogP contribution in [0, 0.1) is 0 Å². The number of nitrogens with one attached hydrogen (secondary N) is 2. The average Bonchev–Trinajstić information content (AvgIpc) is 3.48. The van der Waals surface area contributed by atoms with Crippen molar-refractivity contribution in [3.05, 3.63) is 197 Å². The molecule has 1 aliphatic rings. The van der Waals surface area contributed by atoms with E-state index in [1.165, 1.54) is 0 Å². The fraction of sp³-hybridized carbons (Fsp3) is 0.174. The van der Waals surface area contributed by atoms with E-state index in [9.17, 15) is 14.4 Å². The molecule has 8 heteroatoms. The van der Waals surface area contributed by atoms with Crippen LogP contribution in [0.15, 0.2) is 164 Å². The van der Waals surface area contributed by atoms with Crippen molar-refractivity contribution in [1.29, 1.82) is 0 Å². The zero-order valence-corrected chi connectivity index (χ0v) is 30.4. The van der Waals surface area contributed by atoms with Crippen molar-refractivity contribution in [1.82, 2.24) is 15.2 Å². The third-order valence-electron chi connectivity index (χ3n) is 10.5. The average molecular weight is 714 g/mol. The maximum atomic E-state index is 13.4. The van der Waals surface area contributed by atoms with Crippen LogP contribution >= 0.6 is 0 Å². The molecule has 270 valence electrons. The zero-order chi connectivity index (χ0) is 37.5. The molecule has 0 radical (unpaired) electrons. The molecule has 0 aliphatic carbocycles. The molecule has 6 aromatic rings. The number of benzene rings is 5. The quantitative estimate of drug-likeness (QED) is 0.0759. The van der Waals surface area contributed by atoms with Gasteiger partial charge in [0.1, 0.15) is 11.9 Å². The van der Waals surface area contributed by atoms with Crippen molar-refractivity contribution in [3.8, 4) is 0 Å². The molecule has 8 nitrogen and oxygen atoms in total. The molecule has 54 heavy (non-hydrogen) atoms. The van der Waals surface area contributed by atoms with Crippen LogP contribution in [-0.2, 0) is 28.1 Å². The van der Waals surface area contributed by atoms with E-state index in [2.05, 4.69) is 118 Å². The number of urea groups is 1. The van der Waals surface area contributed by atoms with Crippen LogP contribution in [0.1, 0.15) is 47.2 Å². The summed E-state index contributed by atoms with van der Waals surface area (Å²) in [6.07, 6.45) is 2.10. The highest BCUT2D eigenvalue weighted by Gasteiger charge is 2.50. The number of anilines is 2. The first-order valence-electron chi connectivity index (χ1n) is 18.1. The third kappa shape index (κ3) is 7.16. The Bertz CT molecular complexity index is 2100. The molecule has 2 N–H and O–H groups in total. The van der Waals surface area contributed by atoms with Crippen LogP contribution < -0.4 is 15.5 Å². The first kappa shape index (κ1) is 36.0. The summed E-state index contributed by atoms with van der Waals surface area (Å²) in [6.45, 7) is 5.25. The summed E-state index contributed by atoms with van der Waals surface area (Å²) in [6, 6.07) is 52.3. The molecule has 7 rings (SSSR count). The molecule has 1 aliphatic heterocycles. The van der Waals surface area contributed by atoms with Crippen molar-refractivity contribution in [2.45, 2.75) is 43.9 Å². The predicted molar refractivity (Wildman–Crippen MR) is 213 cm³/mol. The van der Waals surface area contributed by atoms with Gasteiger partial charge in [-0.3, -0.25) is 19.8 Å². The molecular weight excluding hydrogens is 671 g/mol. The van der Waals surface area contributed by atoms with Gasteiger partial charge >= 0.3 is 6.03 Å². The lowest BCUT2D eigenvalue weighted by Gasteiger charge is -2.37. The minimum Gasteiger partial charge on any atom is -0.346 e. The number of pyridine rings is 1. The Kier molecular flexibility index (Phi) is 10.5. The van der Waals surface area contributed by atoms with Crippen LogP contribution in [0.4, 0.5) is 16.3 Å². The Morgan fingerprint density at radius 3 is 1.78 bits per heavy atom. The molecule has 2 heterocycles. The first-order valence-corrected chi connectivity index (χ1v) is 18.1. The summed E-state index contributed by atoms with van der Waals surface area (Å²) in [5.41, 5.74) is 5.91. The first-order chi connectivity index (χ1) is 26.3. The maximum Gasteiger partial charge on any atom is 0.320 e. The van der Waals surface area contributed by atoms with Gasteiger partial charge in [-0.2, -0.15) is 0 Å². The predicted octanol–water partition coefficient (Wildman–Crippen LogP) is 7.98. The molecule has 1 atom stereocenters. The Hall–Kier alpha value is -6.38. The monoisotopic (exact) mass is 713 g/mol. The van der Waals surface area contributed by atoms with Crippen molar-refractivity contribution in [2.75, 3.05) is 16.9 Å². The second-order valence-corrected chi connectivity index (χ2v) is 14.1. The van der Waals surface area contributed by atoms with E-state index in [4.69, 9.17) is 0 Å². The second-order valence-electron chi connectivity index (χ2n) is 14.1. The van der Waals surface area contributed by atoms with Gasteiger partial charge in [-0.25, -0.2) is 9.78 Å². The van der Waals surface area contributed by atoms with E-state index in [1.807, 2.05) is 79.4 Å². The minimum absolute atomic E-state index is 0.355. The summed E-state index contributed by atoms with van der Waals surface area (Å²) in [7, 11) is 0. The third-order valence-corrected chi connectivity index (χ3v) is 10.5. The van der Waals surface area contributed by atoms with Crippen LogP contribution in [0.25, 0.3) is 0 Å². The maximum absolute atomic E-state index is 13.4. The molecule has 0 saturated carbocycles. The summed E-state index contributed by atoms with van der Waals surface area (Å²) in [4.78, 5) is 46.8. The molecule has 0 bridgehead atoms. The van der Waals surface area contributed by atoms with Gasteiger partial charge in [0.05, 0.1) is 12.1 Å². The van der Waals surface area contributed by atoms with Crippen molar-refractivity contribution >= 4 is 29.6 Å². The molecule has 1 unspecified atom stereocenters. The topological polar surface area (TPSA) is 94.6 Å². The van der Waals surface area contributed by atoms with Gasteiger partial charge in [0.25, 0.3) is 0 Å². The van der Waals surface area contributed by atoms with Crippen molar-refractivity contribution < 1.29 is 14.4 Å².